The molecule has 19 heavy (non-hydrogen) atoms. The molecule has 2 aromatic rings. The number of aromatic amines is 1. The Balaban J connectivity index is 2.01. The molecule has 2 N–H and O–H groups in total. The quantitative estimate of drug-likeness (QED) is 0.821. The number of piperazine rings is 1. The van der Waals surface area contributed by atoms with Crippen LogP contribution in [0.5, 0.6) is 0 Å². The topological polar surface area (TPSA) is 48.1 Å². The van der Waals surface area contributed by atoms with E-state index < -0.39 is 0 Å². The average molecular weight is 257 g/mol. The van der Waals surface area contributed by atoms with Crippen LogP contribution in [0.2, 0.25) is 0 Å². The molecule has 0 unspecified atom stereocenters. The van der Waals surface area contributed by atoms with Gasteiger partial charge in [0, 0.05) is 42.3 Å². The summed E-state index contributed by atoms with van der Waals surface area (Å²) >= 11 is 0. The lowest BCUT2D eigenvalue weighted by Crippen LogP contribution is -2.59. The number of fused-ring (bicyclic) bond motifs is 1. The lowest BCUT2D eigenvalue weighted by Gasteiger charge is -2.43. The molecule has 2 heterocycles. The Morgan fingerprint density at radius 3 is 2.95 bits per heavy atom. The average Bonchev–Trinajstić information content (AvgIpc) is 2.85. The minimum atomic E-state index is -0.145. The third-order valence-electron chi connectivity index (χ3n) is 3.87. The monoisotopic (exact) mass is 257 g/mol. The van der Waals surface area contributed by atoms with Crippen molar-refractivity contribution in [2.45, 2.75) is 19.4 Å². The zero-order valence-electron chi connectivity index (χ0n) is 11.4. The fraction of sp³-hybridized carbons (Fsp3) is 0.400. The standard InChI is InChI=1S/C15H19N3O/c1-15(2)10-16-8-9-18(15)14(19)12-4-3-5-13-11(12)6-7-17-13/h3-7,16-17H,8-10H2,1-2H3. The molecule has 1 amide bonds. The van der Waals surface area contributed by atoms with Crippen molar-refractivity contribution in [3.63, 3.8) is 0 Å². The van der Waals surface area contributed by atoms with Crippen LogP contribution in [-0.4, -0.2) is 41.0 Å². The number of benzene rings is 1. The second-order valence-electron chi connectivity index (χ2n) is 5.69. The summed E-state index contributed by atoms with van der Waals surface area (Å²) in [6.45, 7) is 6.66. The van der Waals surface area contributed by atoms with E-state index in [0.717, 1.165) is 36.1 Å². The molecule has 1 fully saturated rings. The Morgan fingerprint density at radius 2 is 2.16 bits per heavy atom. The molecule has 0 aliphatic carbocycles. The molecule has 4 heteroatoms. The second kappa shape index (κ2) is 4.38. The molecule has 0 radical (unpaired) electrons. The summed E-state index contributed by atoms with van der Waals surface area (Å²) in [5.74, 6) is 0.122. The van der Waals surface area contributed by atoms with Crippen molar-refractivity contribution in [3.8, 4) is 0 Å². The van der Waals surface area contributed by atoms with Gasteiger partial charge in [0.1, 0.15) is 0 Å². The highest BCUT2D eigenvalue weighted by Gasteiger charge is 2.34. The number of carbonyl (C=O) groups is 1. The Labute approximate surface area is 112 Å². The number of carbonyl (C=O) groups excluding carboxylic acids is 1. The summed E-state index contributed by atoms with van der Waals surface area (Å²) in [5, 5.41) is 4.35. The Morgan fingerprint density at radius 1 is 1.32 bits per heavy atom. The van der Waals surface area contributed by atoms with Gasteiger partial charge in [-0.1, -0.05) is 6.07 Å². The van der Waals surface area contributed by atoms with E-state index in [2.05, 4.69) is 24.1 Å². The summed E-state index contributed by atoms with van der Waals surface area (Å²) in [4.78, 5) is 17.9. The van der Waals surface area contributed by atoms with Crippen molar-refractivity contribution in [3.05, 3.63) is 36.0 Å². The maximum absolute atomic E-state index is 12.8. The molecule has 1 saturated heterocycles. The molecule has 1 aromatic heterocycles. The van der Waals surface area contributed by atoms with Crippen molar-refractivity contribution >= 4 is 16.8 Å². The van der Waals surface area contributed by atoms with Gasteiger partial charge in [-0.05, 0) is 32.0 Å². The number of hydrogen-bond donors (Lipinski definition) is 2. The van der Waals surface area contributed by atoms with Crippen LogP contribution >= 0.6 is 0 Å². The molecule has 1 aliphatic rings. The van der Waals surface area contributed by atoms with Crippen LogP contribution in [0.25, 0.3) is 10.9 Å². The van der Waals surface area contributed by atoms with Crippen LogP contribution in [0.3, 0.4) is 0 Å². The molecular formula is C15H19N3O. The molecule has 3 rings (SSSR count). The van der Waals surface area contributed by atoms with Gasteiger partial charge in [0.05, 0.1) is 5.54 Å². The van der Waals surface area contributed by atoms with E-state index in [0.29, 0.717) is 0 Å². The van der Waals surface area contributed by atoms with Crippen LogP contribution in [0.1, 0.15) is 24.2 Å². The lowest BCUT2D eigenvalue weighted by molar-refractivity contribution is 0.0479. The Bertz CT molecular complexity index is 615. The third kappa shape index (κ3) is 2.02. The van der Waals surface area contributed by atoms with Crippen molar-refractivity contribution in [1.82, 2.24) is 15.2 Å². The van der Waals surface area contributed by atoms with Crippen molar-refractivity contribution in [2.24, 2.45) is 0 Å². The summed E-state index contributed by atoms with van der Waals surface area (Å²) in [5.41, 5.74) is 1.65. The molecule has 0 spiro atoms. The van der Waals surface area contributed by atoms with E-state index >= 15 is 0 Å². The minimum Gasteiger partial charge on any atom is -0.361 e. The van der Waals surface area contributed by atoms with Gasteiger partial charge < -0.3 is 15.2 Å². The van der Waals surface area contributed by atoms with E-state index in [4.69, 9.17) is 0 Å². The van der Waals surface area contributed by atoms with Crippen molar-refractivity contribution < 1.29 is 4.79 Å². The number of hydrogen-bond acceptors (Lipinski definition) is 2. The Hall–Kier alpha value is -1.81. The maximum atomic E-state index is 12.8. The fourth-order valence-corrected chi connectivity index (χ4v) is 2.78. The van der Waals surface area contributed by atoms with E-state index in [1.165, 1.54) is 0 Å². The molecule has 4 nitrogen and oxygen atoms in total. The molecule has 1 aromatic carbocycles. The zero-order chi connectivity index (χ0) is 13.5. The van der Waals surface area contributed by atoms with E-state index in [-0.39, 0.29) is 11.4 Å². The highest BCUT2D eigenvalue weighted by atomic mass is 16.2. The van der Waals surface area contributed by atoms with Gasteiger partial charge in [-0.25, -0.2) is 0 Å². The molecule has 0 bridgehead atoms. The van der Waals surface area contributed by atoms with Crippen LogP contribution in [0.4, 0.5) is 0 Å². The SMILES string of the molecule is CC1(C)CNCCN1C(=O)c1cccc2[nH]ccc12. The molecule has 0 atom stereocenters. The van der Waals surface area contributed by atoms with Gasteiger partial charge in [-0.3, -0.25) is 4.79 Å². The first-order valence-corrected chi connectivity index (χ1v) is 6.68. The summed E-state index contributed by atoms with van der Waals surface area (Å²) in [7, 11) is 0. The predicted octanol–water partition coefficient (Wildman–Crippen LogP) is 1.99. The van der Waals surface area contributed by atoms with Gasteiger partial charge in [0.25, 0.3) is 5.91 Å². The number of aromatic nitrogens is 1. The largest absolute Gasteiger partial charge is 0.361 e. The first-order chi connectivity index (χ1) is 9.09. The van der Waals surface area contributed by atoms with Crippen molar-refractivity contribution in [1.29, 1.82) is 0 Å². The highest BCUT2D eigenvalue weighted by molar-refractivity contribution is 6.06. The van der Waals surface area contributed by atoms with Gasteiger partial charge in [0.15, 0.2) is 0 Å². The Kier molecular flexibility index (Phi) is 2.82. The van der Waals surface area contributed by atoms with Crippen LogP contribution < -0.4 is 5.32 Å². The summed E-state index contributed by atoms with van der Waals surface area (Å²) in [6, 6.07) is 7.81. The second-order valence-corrected chi connectivity index (χ2v) is 5.69. The number of nitrogens with one attached hydrogen (secondary N) is 2. The van der Waals surface area contributed by atoms with E-state index in [1.54, 1.807) is 0 Å². The number of rotatable bonds is 1. The number of nitrogens with zero attached hydrogens (tertiary/aromatic N) is 1. The maximum Gasteiger partial charge on any atom is 0.255 e. The van der Waals surface area contributed by atoms with Gasteiger partial charge in [-0.2, -0.15) is 0 Å². The summed E-state index contributed by atoms with van der Waals surface area (Å²) in [6.07, 6.45) is 1.88. The first-order valence-electron chi connectivity index (χ1n) is 6.68. The van der Waals surface area contributed by atoms with E-state index in [9.17, 15) is 4.79 Å². The summed E-state index contributed by atoms with van der Waals surface area (Å²) < 4.78 is 0. The molecule has 0 saturated carbocycles. The zero-order valence-corrected chi connectivity index (χ0v) is 11.4. The minimum absolute atomic E-state index is 0.122. The van der Waals surface area contributed by atoms with Crippen LogP contribution in [-0.2, 0) is 0 Å². The van der Waals surface area contributed by atoms with Gasteiger partial charge in [-0.15, -0.1) is 0 Å². The number of H-pyrrole nitrogens is 1. The van der Waals surface area contributed by atoms with Gasteiger partial charge in [0.2, 0.25) is 0 Å². The third-order valence-corrected chi connectivity index (χ3v) is 3.87. The highest BCUT2D eigenvalue weighted by Crippen LogP contribution is 2.24. The molecular weight excluding hydrogens is 238 g/mol. The van der Waals surface area contributed by atoms with Crippen LogP contribution in [0, 0.1) is 0 Å². The normalized spacial score (nSPS) is 18.7. The fourth-order valence-electron chi connectivity index (χ4n) is 2.78. The van der Waals surface area contributed by atoms with Crippen molar-refractivity contribution in [2.75, 3.05) is 19.6 Å². The smallest absolute Gasteiger partial charge is 0.255 e. The first kappa shape index (κ1) is 12.2. The molecule has 1 aliphatic heterocycles. The van der Waals surface area contributed by atoms with E-state index in [1.807, 2.05) is 35.4 Å². The van der Waals surface area contributed by atoms with Crippen LogP contribution in [0.15, 0.2) is 30.5 Å². The molecule has 100 valence electrons. The lowest BCUT2D eigenvalue weighted by atomic mass is 9.98. The number of amides is 1. The van der Waals surface area contributed by atoms with Gasteiger partial charge >= 0.3 is 0 Å². The predicted molar refractivity (Wildman–Crippen MR) is 76.3 cm³/mol.